The lowest BCUT2D eigenvalue weighted by molar-refractivity contribution is -0.121. The largest absolute Gasteiger partial charge is 0.497 e. The minimum atomic E-state index is -0.106. The van der Waals surface area contributed by atoms with Crippen LogP contribution in [0.1, 0.15) is 17.5 Å². The van der Waals surface area contributed by atoms with Gasteiger partial charge in [-0.25, -0.2) is 5.43 Å². The molecule has 0 unspecified atom stereocenters. The highest BCUT2D eigenvalue weighted by Gasteiger charge is 2.05. The third-order valence-corrected chi connectivity index (χ3v) is 3.81. The molecule has 0 aliphatic rings. The van der Waals surface area contributed by atoms with E-state index < -0.39 is 0 Å². The number of aromatic amines is 1. The number of fused-ring (bicyclic) bond motifs is 1. The number of para-hydroxylation sites is 1. The fourth-order valence-corrected chi connectivity index (χ4v) is 2.51. The summed E-state index contributed by atoms with van der Waals surface area (Å²) < 4.78 is 5.09. The number of hydrogen-bond donors (Lipinski definition) is 2. The van der Waals surface area contributed by atoms with Gasteiger partial charge in [0.2, 0.25) is 5.91 Å². The summed E-state index contributed by atoms with van der Waals surface area (Å²) in [5.41, 5.74) is 5.68. The zero-order chi connectivity index (χ0) is 16.8. The number of aryl methyl sites for hydroxylation is 1. The molecule has 3 rings (SSSR count). The maximum Gasteiger partial charge on any atom is 0.240 e. The molecule has 1 heterocycles. The standard InChI is InChI=1S/C19H19N3O2/c1-24-16-9-6-14(7-10-16)12-21-22-19(23)11-8-15-13-20-18-5-3-2-4-17(15)18/h2-7,9-10,12-13,20H,8,11H2,1H3,(H,22,23). The van der Waals surface area contributed by atoms with E-state index in [2.05, 4.69) is 21.6 Å². The van der Waals surface area contributed by atoms with Crippen LogP contribution in [0.25, 0.3) is 10.9 Å². The molecule has 0 saturated carbocycles. The van der Waals surface area contributed by atoms with Crippen molar-refractivity contribution in [3.05, 3.63) is 65.9 Å². The van der Waals surface area contributed by atoms with Gasteiger partial charge in [0, 0.05) is 23.5 Å². The Balaban J connectivity index is 1.51. The molecule has 0 radical (unpaired) electrons. The van der Waals surface area contributed by atoms with Crippen molar-refractivity contribution >= 4 is 23.0 Å². The molecule has 0 aliphatic heterocycles. The highest BCUT2D eigenvalue weighted by molar-refractivity contribution is 5.85. The number of ether oxygens (including phenoxy) is 1. The monoisotopic (exact) mass is 321 g/mol. The Labute approximate surface area is 140 Å². The van der Waals surface area contributed by atoms with E-state index in [-0.39, 0.29) is 5.91 Å². The molecule has 0 atom stereocenters. The Morgan fingerprint density at radius 1 is 1.21 bits per heavy atom. The number of carbonyl (C=O) groups is 1. The first-order chi connectivity index (χ1) is 11.8. The van der Waals surface area contributed by atoms with Crippen LogP contribution in [0.3, 0.4) is 0 Å². The molecule has 3 aromatic rings. The summed E-state index contributed by atoms with van der Waals surface area (Å²) in [5, 5.41) is 5.15. The highest BCUT2D eigenvalue weighted by Crippen LogP contribution is 2.18. The second kappa shape index (κ2) is 7.46. The van der Waals surface area contributed by atoms with Crippen molar-refractivity contribution in [3.8, 4) is 5.75 Å². The van der Waals surface area contributed by atoms with Gasteiger partial charge < -0.3 is 9.72 Å². The van der Waals surface area contributed by atoms with Crippen LogP contribution < -0.4 is 10.2 Å². The molecule has 0 spiro atoms. The molecule has 5 nitrogen and oxygen atoms in total. The second-order valence-corrected chi connectivity index (χ2v) is 5.43. The van der Waals surface area contributed by atoms with Gasteiger partial charge in [-0.15, -0.1) is 0 Å². The van der Waals surface area contributed by atoms with Crippen LogP contribution in [-0.2, 0) is 11.2 Å². The highest BCUT2D eigenvalue weighted by atomic mass is 16.5. The van der Waals surface area contributed by atoms with Crippen molar-refractivity contribution < 1.29 is 9.53 Å². The Hall–Kier alpha value is -3.08. The van der Waals surface area contributed by atoms with Gasteiger partial charge in [-0.05, 0) is 47.9 Å². The Morgan fingerprint density at radius 3 is 2.79 bits per heavy atom. The number of nitrogens with zero attached hydrogens (tertiary/aromatic N) is 1. The summed E-state index contributed by atoms with van der Waals surface area (Å²) in [7, 11) is 1.62. The van der Waals surface area contributed by atoms with Gasteiger partial charge in [0.25, 0.3) is 0 Å². The van der Waals surface area contributed by atoms with Gasteiger partial charge >= 0.3 is 0 Å². The van der Waals surface area contributed by atoms with Crippen LogP contribution in [0.4, 0.5) is 0 Å². The van der Waals surface area contributed by atoms with Crippen LogP contribution in [0.2, 0.25) is 0 Å². The van der Waals surface area contributed by atoms with E-state index in [1.54, 1.807) is 13.3 Å². The first-order valence-corrected chi connectivity index (χ1v) is 7.77. The summed E-state index contributed by atoms with van der Waals surface area (Å²) in [5.74, 6) is 0.681. The molecule has 2 aromatic carbocycles. The third kappa shape index (κ3) is 3.81. The van der Waals surface area contributed by atoms with Crippen LogP contribution in [0, 0.1) is 0 Å². The van der Waals surface area contributed by atoms with Gasteiger partial charge in [-0.2, -0.15) is 5.10 Å². The topological polar surface area (TPSA) is 66.5 Å². The minimum absolute atomic E-state index is 0.106. The molecule has 0 fully saturated rings. The van der Waals surface area contributed by atoms with E-state index in [4.69, 9.17) is 4.74 Å². The number of benzene rings is 2. The zero-order valence-electron chi connectivity index (χ0n) is 13.5. The predicted molar refractivity (Wildman–Crippen MR) is 95.4 cm³/mol. The minimum Gasteiger partial charge on any atom is -0.497 e. The zero-order valence-corrected chi connectivity index (χ0v) is 13.5. The normalized spacial score (nSPS) is 11.0. The van der Waals surface area contributed by atoms with E-state index >= 15 is 0 Å². The lowest BCUT2D eigenvalue weighted by Crippen LogP contribution is -2.17. The maximum atomic E-state index is 11.9. The third-order valence-electron chi connectivity index (χ3n) is 3.81. The van der Waals surface area contributed by atoms with Crippen molar-refractivity contribution in [2.24, 2.45) is 5.10 Å². The molecule has 2 N–H and O–H groups in total. The number of hydrogen-bond acceptors (Lipinski definition) is 3. The Bertz CT molecular complexity index is 850. The van der Waals surface area contributed by atoms with Gasteiger partial charge in [0.05, 0.1) is 13.3 Å². The summed E-state index contributed by atoms with van der Waals surface area (Å²) in [6.07, 6.45) is 4.64. The fraction of sp³-hybridized carbons (Fsp3) is 0.158. The molecule has 122 valence electrons. The quantitative estimate of drug-likeness (QED) is 0.540. The summed E-state index contributed by atoms with van der Waals surface area (Å²) in [6.45, 7) is 0. The van der Waals surface area contributed by atoms with Crippen molar-refractivity contribution in [2.75, 3.05) is 7.11 Å². The first kappa shape index (κ1) is 15.8. The van der Waals surface area contributed by atoms with E-state index in [1.807, 2.05) is 48.7 Å². The first-order valence-electron chi connectivity index (χ1n) is 7.77. The van der Waals surface area contributed by atoms with Gasteiger partial charge in [0.1, 0.15) is 5.75 Å². The lowest BCUT2D eigenvalue weighted by atomic mass is 10.1. The number of rotatable bonds is 6. The average molecular weight is 321 g/mol. The number of amides is 1. The molecule has 0 saturated heterocycles. The van der Waals surface area contributed by atoms with Crippen LogP contribution in [-0.4, -0.2) is 24.2 Å². The van der Waals surface area contributed by atoms with Gasteiger partial charge in [-0.3, -0.25) is 4.79 Å². The van der Waals surface area contributed by atoms with Gasteiger partial charge in [-0.1, -0.05) is 18.2 Å². The Kier molecular flexibility index (Phi) is 4.91. The van der Waals surface area contributed by atoms with Crippen molar-refractivity contribution in [1.82, 2.24) is 10.4 Å². The SMILES string of the molecule is COc1ccc(C=NNC(=O)CCc2c[nH]c3ccccc23)cc1. The number of H-pyrrole nitrogens is 1. The Morgan fingerprint density at radius 2 is 2.00 bits per heavy atom. The molecule has 24 heavy (non-hydrogen) atoms. The number of methoxy groups -OCH3 is 1. The van der Waals surface area contributed by atoms with Crippen LogP contribution in [0.5, 0.6) is 5.75 Å². The van der Waals surface area contributed by atoms with Gasteiger partial charge in [0.15, 0.2) is 0 Å². The molecule has 5 heteroatoms. The lowest BCUT2D eigenvalue weighted by Gasteiger charge is -2.01. The maximum absolute atomic E-state index is 11.9. The summed E-state index contributed by atoms with van der Waals surface area (Å²) in [6, 6.07) is 15.5. The van der Waals surface area contributed by atoms with Crippen molar-refractivity contribution in [1.29, 1.82) is 0 Å². The second-order valence-electron chi connectivity index (χ2n) is 5.43. The van der Waals surface area contributed by atoms with E-state index in [9.17, 15) is 4.79 Å². The average Bonchev–Trinajstić information content (AvgIpc) is 3.04. The fourth-order valence-electron chi connectivity index (χ4n) is 2.51. The molecule has 1 amide bonds. The van der Waals surface area contributed by atoms with E-state index in [0.29, 0.717) is 12.8 Å². The molecular weight excluding hydrogens is 302 g/mol. The number of hydrazone groups is 1. The molecule has 0 aliphatic carbocycles. The number of carbonyl (C=O) groups excluding carboxylic acids is 1. The summed E-state index contributed by atoms with van der Waals surface area (Å²) >= 11 is 0. The van der Waals surface area contributed by atoms with Crippen molar-refractivity contribution in [2.45, 2.75) is 12.8 Å². The summed E-state index contributed by atoms with van der Waals surface area (Å²) in [4.78, 5) is 15.1. The van der Waals surface area contributed by atoms with Crippen LogP contribution in [0.15, 0.2) is 59.8 Å². The number of nitrogens with one attached hydrogen (secondary N) is 2. The van der Waals surface area contributed by atoms with E-state index in [1.165, 1.54) is 0 Å². The smallest absolute Gasteiger partial charge is 0.240 e. The van der Waals surface area contributed by atoms with Crippen LogP contribution >= 0.6 is 0 Å². The molecule has 1 aromatic heterocycles. The predicted octanol–water partition coefficient (Wildman–Crippen LogP) is 3.26. The molecular formula is C19H19N3O2. The molecule has 0 bridgehead atoms. The number of aromatic nitrogens is 1. The van der Waals surface area contributed by atoms with E-state index in [0.717, 1.165) is 27.8 Å². The van der Waals surface area contributed by atoms with Crippen molar-refractivity contribution in [3.63, 3.8) is 0 Å².